The Morgan fingerprint density at radius 3 is 2.06 bits per heavy atom. The molecular formula is C22H15F3N2O4S. The molecule has 0 atom stereocenters. The molecule has 164 valence electrons. The summed E-state index contributed by atoms with van der Waals surface area (Å²) in [4.78, 5) is 24.6. The summed E-state index contributed by atoms with van der Waals surface area (Å²) in [5, 5.41) is 20.5. The van der Waals surface area contributed by atoms with E-state index in [1.54, 1.807) is 18.5 Å². The Labute approximate surface area is 183 Å². The highest BCUT2D eigenvalue weighted by molar-refractivity contribution is 7.20. The Morgan fingerprint density at radius 2 is 1.50 bits per heavy atom. The summed E-state index contributed by atoms with van der Waals surface area (Å²) in [5.41, 5.74) is 4.04. The minimum Gasteiger partial charge on any atom is -0.477 e. The third-order valence-electron chi connectivity index (χ3n) is 4.17. The molecule has 0 amide bonds. The molecule has 0 aliphatic heterocycles. The summed E-state index contributed by atoms with van der Waals surface area (Å²) in [5.74, 6) is -3.67. The van der Waals surface area contributed by atoms with Gasteiger partial charge >= 0.3 is 18.1 Å². The van der Waals surface area contributed by atoms with Crippen LogP contribution in [0.1, 0.15) is 9.67 Å². The molecule has 0 spiro atoms. The second kappa shape index (κ2) is 9.48. The van der Waals surface area contributed by atoms with Crippen molar-refractivity contribution in [1.29, 1.82) is 0 Å². The van der Waals surface area contributed by atoms with E-state index >= 15 is 0 Å². The number of benzene rings is 2. The molecule has 0 saturated heterocycles. The fourth-order valence-corrected chi connectivity index (χ4v) is 3.59. The van der Waals surface area contributed by atoms with Crippen molar-refractivity contribution in [1.82, 2.24) is 4.98 Å². The number of aromatic nitrogens is 1. The number of nitrogens with one attached hydrogen (secondary N) is 1. The number of anilines is 2. The Balaban J connectivity index is 0.000000360. The summed E-state index contributed by atoms with van der Waals surface area (Å²) in [6.07, 6.45) is -1.68. The monoisotopic (exact) mass is 460 g/mol. The zero-order chi connectivity index (χ0) is 23.3. The lowest BCUT2D eigenvalue weighted by molar-refractivity contribution is -0.192. The number of fused-ring (bicyclic) bond motifs is 1. The molecule has 0 fully saturated rings. The predicted octanol–water partition coefficient (Wildman–Crippen LogP) is 6.04. The fourth-order valence-electron chi connectivity index (χ4n) is 2.70. The van der Waals surface area contributed by atoms with Gasteiger partial charge in [0.1, 0.15) is 4.88 Å². The maximum absolute atomic E-state index is 11.2. The van der Waals surface area contributed by atoms with E-state index in [4.69, 9.17) is 9.90 Å². The average Bonchev–Trinajstić information content (AvgIpc) is 3.21. The second-order valence-corrected chi connectivity index (χ2v) is 7.47. The van der Waals surface area contributed by atoms with E-state index in [0.29, 0.717) is 4.88 Å². The van der Waals surface area contributed by atoms with Crippen molar-refractivity contribution in [2.45, 2.75) is 6.18 Å². The number of carbonyl (C=O) groups is 2. The summed E-state index contributed by atoms with van der Waals surface area (Å²) < 4.78 is 32.6. The number of aliphatic carboxylic acids is 1. The van der Waals surface area contributed by atoms with Gasteiger partial charge in [-0.3, -0.25) is 4.98 Å². The van der Waals surface area contributed by atoms with E-state index < -0.39 is 18.1 Å². The number of hydrogen-bond acceptors (Lipinski definition) is 5. The van der Waals surface area contributed by atoms with Crippen molar-refractivity contribution in [3.63, 3.8) is 0 Å². The van der Waals surface area contributed by atoms with Crippen molar-refractivity contribution in [3.05, 3.63) is 77.9 Å². The molecule has 32 heavy (non-hydrogen) atoms. The third-order valence-corrected chi connectivity index (χ3v) is 5.23. The number of carboxylic acids is 2. The van der Waals surface area contributed by atoms with Gasteiger partial charge in [0.2, 0.25) is 0 Å². The Hall–Kier alpha value is -3.92. The highest BCUT2D eigenvalue weighted by Gasteiger charge is 2.38. The molecule has 0 unspecified atom stereocenters. The Bertz CT molecular complexity index is 1240. The van der Waals surface area contributed by atoms with Crippen LogP contribution in [0.2, 0.25) is 0 Å². The molecule has 0 aliphatic rings. The first-order valence-electron chi connectivity index (χ1n) is 8.98. The lowest BCUT2D eigenvalue weighted by Gasteiger charge is -2.08. The first kappa shape index (κ1) is 22.8. The molecule has 0 aliphatic carbocycles. The van der Waals surface area contributed by atoms with Gasteiger partial charge in [-0.1, -0.05) is 42.5 Å². The summed E-state index contributed by atoms with van der Waals surface area (Å²) in [7, 11) is 0. The normalized spacial score (nSPS) is 10.8. The average molecular weight is 460 g/mol. The molecule has 2 aromatic heterocycles. The molecular weight excluding hydrogens is 445 g/mol. The molecule has 0 bridgehead atoms. The molecule has 0 saturated carbocycles. The number of aromatic carboxylic acids is 1. The Morgan fingerprint density at radius 1 is 0.906 bits per heavy atom. The predicted molar refractivity (Wildman–Crippen MR) is 115 cm³/mol. The molecule has 4 rings (SSSR count). The zero-order valence-electron chi connectivity index (χ0n) is 16.1. The van der Waals surface area contributed by atoms with Gasteiger partial charge in [-0.05, 0) is 29.3 Å². The lowest BCUT2D eigenvalue weighted by atomic mass is 10.1. The number of carboxylic acid groups (broad SMARTS) is 2. The zero-order valence-corrected chi connectivity index (χ0v) is 16.9. The van der Waals surface area contributed by atoms with Crippen LogP contribution in [-0.2, 0) is 4.79 Å². The molecule has 6 nitrogen and oxygen atoms in total. The van der Waals surface area contributed by atoms with E-state index in [2.05, 4.69) is 34.6 Å². The first-order valence-corrected chi connectivity index (χ1v) is 9.80. The topological polar surface area (TPSA) is 99.5 Å². The van der Waals surface area contributed by atoms with Crippen molar-refractivity contribution < 1.29 is 33.0 Å². The summed E-state index contributed by atoms with van der Waals surface area (Å²) in [6.45, 7) is 0. The van der Waals surface area contributed by atoms with Crippen LogP contribution in [0.25, 0.3) is 21.2 Å². The number of nitrogens with zero attached hydrogens (tertiary/aromatic N) is 1. The van der Waals surface area contributed by atoms with Crippen LogP contribution in [-0.4, -0.2) is 33.3 Å². The molecule has 2 heterocycles. The van der Waals surface area contributed by atoms with Gasteiger partial charge < -0.3 is 15.5 Å². The van der Waals surface area contributed by atoms with Crippen molar-refractivity contribution in [2.24, 2.45) is 0 Å². The quantitative estimate of drug-likeness (QED) is 0.343. The number of pyridine rings is 1. The summed E-state index contributed by atoms with van der Waals surface area (Å²) >= 11 is 1.23. The van der Waals surface area contributed by atoms with E-state index in [-0.39, 0.29) is 0 Å². The molecule has 0 radical (unpaired) electrons. The lowest BCUT2D eigenvalue weighted by Crippen LogP contribution is -2.21. The SMILES string of the molecule is O=C(O)C(F)(F)F.O=C(O)c1cc2c(Nc3ccc(-c4ccccc4)cc3)cncc2s1. The Kier molecular flexibility index (Phi) is 6.74. The van der Waals surface area contributed by atoms with Gasteiger partial charge in [-0.15, -0.1) is 11.3 Å². The fraction of sp³-hybridized carbons (Fsp3) is 0.0455. The molecule has 2 aromatic carbocycles. The van der Waals surface area contributed by atoms with Gasteiger partial charge in [-0.2, -0.15) is 13.2 Å². The van der Waals surface area contributed by atoms with Crippen LogP contribution < -0.4 is 5.32 Å². The highest BCUT2D eigenvalue weighted by atomic mass is 32.1. The largest absolute Gasteiger partial charge is 0.490 e. The number of rotatable bonds is 4. The number of halogens is 3. The minimum absolute atomic E-state index is 0.311. The van der Waals surface area contributed by atoms with E-state index in [9.17, 15) is 23.1 Å². The maximum atomic E-state index is 11.2. The van der Waals surface area contributed by atoms with Gasteiger partial charge in [0.25, 0.3) is 0 Å². The van der Waals surface area contributed by atoms with Crippen LogP contribution in [0.4, 0.5) is 24.5 Å². The van der Waals surface area contributed by atoms with Crippen molar-refractivity contribution >= 4 is 44.7 Å². The van der Waals surface area contributed by atoms with E-state index in [1.807, 2.05) is 30.3 Å². The van der Waals surface area contributed by atoms with Crippen molar-refractivity contribution in [2.75, 3.05) is 5.32 Å². The van der Waals surface area contributed by atoms with Gasteiger partial charge in [0, 0.05) is 17.3 Å². The van der Waals surface area contributed by atoms with Crippen molar-refractivity contribution in [3.8, 4) is 11.1 Å². The van der Waals surface area contributed by atoms with Crippen LogP contribution in [0.3, 0.4) is 0 Å². The number of thiophene rings is 1. The van der Waals surface area contributed by atoms with E-state index in [0.717, 1.165) is 27.0 Å². The molecule has 4 aromatic rings. The van der Waals surface area contributed by atoms with Crippen LogP contribution >= 0.6 is 11.3 Å². The smallest absolute Gasteiger partial charge is 0.477 e. The first-order chi connectivity index (χ1) is 15.1. The van der Waals surface area contributed by atoms with Gasteiger partial charge in [0.05, 0.1) is 16.6 Å². The highest BCUT2D eigenvalue weighted by Crippen LogP contribution is 2.32. The van der Waals surface area contributed by atoms with Gasteiger partial charge in [0.15, 0.2) is 0 Å². The third kappa shape index (κ3) is 5.61. The van der Waals surface area contributed by atoms with Gasteiger partial charge in [-0.25, -0.2) is 9.59 Å². The van der Waals surface area contributed by atoms with Crippen LogP contribution in [0, 0.1) is 0 Å². The van der Waals surface area contributed by atoms with Crippen LogP contribution in [0.15, 0.2) is 73.1 Å². The number of alkyl halides is 3. The summed E-state index contributed by atoms with van der Waals surface area (Å²) in [6, 6.07) is 20.0. The second-order valence-electron chi connectivity index (χ2n) is 6.39. The molecule has 10 heteroatoms. The van der Waals surface area contributed by atoms with Crippen LogP contribution in [0.5, 0.6) is 0 Å². The number of hydrogen-bond donors (Lipinski definition) is 3. The maximum Gasteiger partial charge on any atom is 0.490 e. The molecule has 3 N–H and O–H groups in total. The minimum atomic E-state index is -5.08. The van der Waals surface area contributed by atoms with E-state index in [1.165, 1.54) is 16.9 Å². The standard InChI is InChI=1S/C20H14N2O2S.C2HF3O2/c23-20(24)18-10-16-17(11-21-12-19(16)25-18)22-15-8-6-14(7-9-15)13-4-2-1-3-5-13;3-2(4,5)1(6)7/h1-12,22H,(H,23,24);(H,6,7).